The smallest absolute Gasteiger partial charge is 0.545 e. The number of nitrogens with zero attached hydrogens (tertiary/aromatic N) is 5. The maximum Gasteiger partial charge on any atom is 2.00 e. The first-order valence-corrected chi connectivity index (χ1v) is 10.8. The Morgan fingerprint density at radius 3 is 1.57 bits per heavy atom. The van der Waals surface area contributed by atoms with E-state index in [1.807, 2.05) is 48.5 Å². The van der Waals surface area contributed by atoms with Gasteiger partial charge in [-0.2, -0.15) is 0 Å². The summed E-state index contributed by atoms with van der Waals surface area (Å²) < 4.78 is 0. The first-order chi connectivity index (χ1) is 18.3. The summed E-state index contributed by atoms with van der Waals surface area (Å²) in [5.41, 5.74) is 5.09. The topological polar surface area (TPSA) is 228 Å². The summed E-state index contributed by atoms with van der Waals surface area (Å²) >= 11 is 0. The molecule has 0 spiro atoms. The van der Waals surface area contributed by atoms with Gasteiger partial charge in [-0.25, -0.2) is 14.8 Å². The van der Waals surface area contributed by atoms with Gasteiger partial charge in [0.05, 0.1) is 49.7 Å². The molecule has 3 heterocycles. The fourth-order valence-corrected chi connectivity index (χ4v) is 3.73. The minimum atomic E-state index is -1.75. The van der Waals surface area contributed by atoms with E-state index in [2.05, 4.69) is 9.97 Å². The molecule has 3 aromatic heterocycles. The van der Waals surface area contributed by atoms with Gasteiger partial charge >= 0.3 is 23.0 Å². The molecule has 0 amide bonds. The molecule has 6 rings (SSSR count). The average Bonchev–Trinajstić information content (AvgIpc) is 2.92. The molecule has 0 saturated carbocycles. The van der Waals surface area contributed by atoms with E-state index in [4.69, 9.17) is 30.4 Å². The molecule has 0 aliphatic rings. The Bertz CT molecular complexity index is 1720. The Kier molecular flexibility index (Phi) is 10.4. The van der Waals surface area contributed by atoms with Gasteiger partial charge in [0, 0.05) is 23.2 Å². The van der Waals surface area contributed by atoms with E-state index in [1.54, 1.807) is 12.4 Å². The Labute approximate surface area is 234 Å². The third kappa shape index (κ3) is 6.76. The molecule has 0 unspecified atom stereocenters. The Balaban J connectivity index is 0.000000267. The quantitative estimate of drug-likeness (QED) is 0.0767. The molecule has 14 heteroatoms. The molecule has 4 N–H and O–H groups in total. The molecule has 0 aliphatic heterocycles. The fourth-order valence-electron chi connectivity index (χ4n) is 3.73. The van der Waals surface area contributed by atoms with Crippen LogP contribution in [0, 0.1) is 15.3 Å². The predicted molar refractivity (Wildman–Crippen MR) is 141 cm³/mol. The summed E-state index contributed by atoms with van der Waals surface area (Å²) in [6.07, 6.45) is 3.58. The molecule has 0 bridgehead atoms. The molecule has 0 saturated heterocycles. The van der Waals surface area contributed by atoms with Gasteiger partial charge in [-0.3, -0.25) is 9.97 Å². The van der Waals surface area contributed by atoms with Crippen LogP contribution in [0.4, 0.5) is 0 Å². The zero-order valence-electron chi connectivity index (χ0n) is 20.1. The van der Waals surface area contributed by atoms with Crippen molar-refractivity contribution in [3.8, 4) is 0 Å². The Morgan fingerprint density at radius 1 is 0.700 bits per heavy atom. The van der Waals surface area contributed by atoms with Crippen LogP contribution in [0.15, 0.2) is 85.2 Å². The molecule has 13 nitrogen and oxygen atoms in total. The molecule has 1 radical (unpaired) electrons. The van der Waals surface area contributed by atoms with Crippen molar-refractivity contribution in [3.63, 3.8) is 0 Å². The van der Waals surface area contributed by atoms with Gasteiger partial charge in [-0.05, 0) is 54.1 Å². The number of carboxylic acids is 2. The summed E-state index contributed by atoms with van der Waals surface area (Å²) in [5.74, 6) is -2.53. The van der Waals surface area contributed by atoms with Crippen LogP contribution in [0.25, 0.3) is 43.9 Å². The molecule has 0 atom stereocenters. The van der Waals surface area contributed by atoms with E-state index in [0.29, 0.717) is 0 Å². The molecule has 0 fully saturated rings. The van der Waals surface area contributed by atoms with Crippen molar-refractivity contribution < 1.29 is 47.4 Å². The van der Waals surface area contributed by atoms with Crippen molar-refractivity contribution in [2.24, 2.45) is 0 Å². The van der Waals surface area contributed by atoms with Gasteiger partial charge in [-0.1, -0.05) is 24.3 Å². The number of benzene rings is 3. The van der Waals surface area contributed by atoms with Crippen LogP contribution in [0.1, 0.15) is 20.7 Å². The molecule has 0 aliphatic carbocycles. The number of carboxylic acid groups (broad SMARTS) is 2. The third-order valence-electron chi connectivity index (χ3n) is 5.27. The van der Waals surface area contributed by atoms with E-state index in [1.165, 1.54) is 18.2 Å². The van der Waals surface area contributed by atoms with Crippen molar-refractivity contribution in [2.45, 2.75) is 0 Å². The van der Waals surface area contributed by atoms with Crippen LogP contribution < -0.4 is 5.11 Å². The van der Waals surface area contributed by atoms with Crippen LogP contribution >= 0.6 is 0 Å². The van der Waals surface area contributed by atoms with E-state index in [-0.39, 0.29) is 33.7 Å². The molecule has 205 valence electrons. The fraction of sp³-hybridized carbons (Fsp3) is 0. The number of fused-ring (bicyclic) bond motifs is 7. The zero-order valence-corrected chi connectivity index (χ0v) is 21.0. The number of carbonyl (C=O) groups excluding carboxylic acids is 1. The minimum Gasteiger partial charge on any atom is -0.545 e. The summed E-state index contributed by atoms with van der Waals surface area (Å²) in [4.78, 5) is 47.6. The van der Waals surface area contributed by atoms with E-state index < -0.39 is 17.0 Å². The number of rotatable bonds is 2. The standard InChI is InChI=1S/C18H10N4.C8H6O4.Cu.NO3.H2O/c1-2-8-14-13(7-1)21-17-11-5-3-9-19-15(11)16-12(18(17)22-14)6-4-10-20-16;9-7(10)5-2-1-3-6(4-5)8(11)12;;2-1(3)4;/h1-10H;1-4H,(H,9,10)(H,11,12);;;1H2/q;;+2;-1;. The SMILES string of the molecule is O=C([O-])c1cccc(C(=O)O)c1.O=[N+]([O-])[O-].[Cu+2].[OH3+].c1ccc2nc3c4cccnc4c4ncccc4c3nc2c1. The van der Waals surface area contributed by atoms with E-state index >= 15 is 0 Å². The van der Waals surface area contributed by atoms with Crippen LogP contribution in [-0.2, 0) is 22.5 Å². The van der Waals surface area contributed by atoms with Crippen molar-refractivity contribution in [1.82, 2.24) is 19.9 Å². The number of pyridine rings is 2. The van der Waals surface area contributed by atoms with E-state index in [9.17, 15) is 14.7 Å². The predicted octanol–water partition coefficient (Wildman–Crippen LogP) is 2.46. The van der Waals surface area contributed by atoms with Crippen molar-refractivity contribution in [3.05, 3.63) is 112 Å². The summed E-state index contributed by atoms with van der Waals surface area (Å²) in [5, 5.41) is 35.5. The summed E-state index contributed by atoms with van der Waals surface area (Å²) in [6, 6.07) is 20.8. The van der Waals surface area contributed by atoms with Gasteiger partial charge in [0.1, 0.15) is 0 Å². The van der Waals surface area contributed by atoms with E-state index in [0.717, 1.165) is 49.9 Å². The monoisotopic (exact) mass is 591 g/mol. The number of para-hydroxylation sites is 2. The van der Waals surface area contributed by atoms with Gasteiger partial charge < -0.3 is 35.8 Å². The van der Waals surface area contributed by atoms with Gasteiger partial charge in [-0.15, -0.1) is 0 Å². The second kappa shape index (κ2) is 13.5. The van der Waals surface area contributed by atoms with Crippen LogP contribution in [-0.4, -0.2) is 42.1 Å². The Hall–Kier alpha value is -5.30. The minimum absolute atomic E-state index is 0. The molecular weight excluding hydrogens is 574 g/mol. The summed E-state index contributed by atoms with van der Waals surface area (Å²) in [7, 11) is 0. The van der Waals surface area contributed by atoms with Crippen molar-refractivity contribution in [2.75, 3.05) is 0 Å². The van der Waals surface area contributed by atoms with Crippen molar-refractivity contribution in [1.29, 1.82) is 0 Å². The van der Waals surface area contributed by atoms with Gasteiger partial charge in [0.2, 0.25) is 0 Å². The number of hydrogen-bond donors (Lipinski definition) is 1. The van der Waals surface area contributed by atoms with Gasteiger partial charge in [0.15, 0.2) is 0 Å². The number of carbonyl (C=O) groups is 2. The number of hydrogen-bond acceptors (Lipinski definition) is 10. The first-order valence-electron chi connectivity index (χ1n) is 10.8. The first kappa shape index (κ1) is 30.9. The third-order valence-corrected chi connectivity index (χ3v) is 5.27. The number of aromatic carboxylic acids is 2. The van der Waals surface area contributed by atoms with Crippen molar-refractivity contribution >= 4 is 55.8 Å². The number of aromatic nitrogens is 4. The summed E-state index contributed by atoms with van der Waals surface area (Å²) in [6.45, 7) is 0. The second-order valence-corrected chi connectivity index (χ2v) is 7.61. The van der Waals surface area contributed by atoms with Crippen LogP contribution in [0.5, 0.6) is 0 Å². The molecule has 6 aromatic rings. The second-order valence-electron chi connectivity index (χ2n) is 7.61. The molecule has 3 aromatic carbocycles. The Morgan fingerprint density at radius 2 is 1.15 bits per heavy atom. The normalized spacial score (nSPS) is 9.80. The van der Waals surface area contributed by atoms with Gasteiger partial charge in [0.25, 0.3) is 0 Å². The zero-order chi connectivity index (χ0) is 27.2. The largest absolute Gasteiger partial charge is 2.00 e. The van der Waals surface area contributed by atoms with Crippen LogP contribution in [0.3, 0.4) is 0 Å². The molecule has 40 heavy (non-hydrogen) atoms. The van der Waals surface area contributed by atoms with Crippen LogP contribution in [0.2, 0.25) is 0 Å². The average molecular weight is 592 g/mol. The maximum absolute atomic E-state index is 10.4. The molecular formula is C26H18CuN5O8+. The maximum atomic E-state index is 10.4.